The molecule has 0 saturated carbocycles. The van der Waals surface area contributed by atoms with Gasteiger partial charge in [-0.2, -0.15) is 0 Å². The monoisotopic (exact) mass is 383 g/mol. The van der Waals surface area contributed by atoms with Crippen molar-refractivity contribution in [2.75, 3.05) is 5.32 Å². The smallest absolute Gasteiger partial charge is 0.291 e. The van der Waals surface area contributed by atoms with Crippen LogP contribution in [0.15, 0.2) is 95.4 Å². The lowest BCUT2D eigenvalue weighted by Crippen LogP contribution is -2.10. The first-order chi connectivity index (χ1) is 14.2. The molecule has 0 unspecified atom stereocenters. The van der Waals surface area contributed by atoms with Gasteiger partial charge in [0, 0.05) is 5.69 Å². The Morgan fingerprint density at radius 2 is 1.41 bits per heavy atom. The van der Waals surface area contributed by atoms with Crippen molar-refractivity contribution in [3.05, 3.63) is 114 Å². The molecule has 1 N–H and O–H groups in total. The van der Waals surface area contributed by atoms with Crippen LogP contribution in [0, 0.1) is 5.82 Å². The molecule has 1 amide bonds. The third-order valence-corrected chi connectivity index (χ3v) is 4.41. The number of nitrogens with one attached hydrogen (secondary N) is 1. The van der Waals surface area contributed by atoms with E-state index in [-0.39, 0.29) is 11.7 Å². The van der Waals surface area contributed by atoms with Gasteiger partial charge < -0.3 is 9.73 Å². The van der Waals surface area contributed by atoms with E-state index in [1.54, 1.807) is 24.3 Å². The molecule has 0 bridgehead atoms. The van der Waals surface area contributed by atoms with Gasteiger partial charge in [-0.1, -0.05) is 66.7 Å². The molecule has 0 spiro atoms. The van der Waals surface area contributed by atoms with Gasteiger partial charge in [-0.05, 0) is 47.5 Å². The molecule has 4 heteroatoms. The fourth-order valence-corrected chi connectivity index (χ4v) is 2.89. The third-order valence-electron chi connectivity index (χ3n) is 4.41. The van der Waals surface area contributed by atoms with Crippen molar-refractivity contribution in [2.45, 2.75) is 0 Å². The zero-order valence-corrected chi connectivity index (χ0v) is 15.5. The molecule has 0 aliphatic rings. The number of hydrogen-bond donors (Lipinski definition) is 1. The van der Waals surface area contributed by atoms with E-state index in [0.717, 1.165) is 11.1 Å². The average Bonchev–Trinajstić information content (AvgIpc) is 3.24. The predicted octanol–water partition coefficient (Wildman–Crippen LogP) is 6.51. The van der Waals surface area contributed by atoms with Crippen LogP contribution in [0.5, 0.6) is 0 Å². The van der Waals surface area contributed by atoms with Crippen LogP contribution in [0.25, 0.3) is 23.5 Å². The van der Waals surface area contributed by atoms with Crippen LogP contribution in [-0.4, -0.2) is 5.91 Å². The Morgan fingerprint density at radius 3 is 2.14 bits per heavy atom. The zero-order chi connectivity index (χ0) is 20.1. The average molecular weight is 383 g/mol. The standard InChI is InChI=1S/C25H18FNO2/c26-22-9-5-4-8-21(22)23-16-17-24(29-23)25(28)27-20-14-12-19(13-15-20)11-10-18-6-2-1-3-7-18/h1-17H,(H,27,28). The number of amides is 1. The van der Waals surface area contributed by atoms with Gasteiger partial charge in [0.2, 0.25) is 0 Å². The van der Waals surface area contributed by atoms with Crippen molar-refractivity contribution in [3.63, 3.8) is 0 Å². The summed E-state index contributed by atoms with van der Waals surface area (Å²) in [5.41, 5.74) is 3.11. The molecule has 0 atom stereocenters. The summed E-state index contributed by atoms with van der Waals surface area (Å²) >= 11 is 0. The van der Waals surface area contributed by atoms with E-state index in [1.807, 2.05) is 66.7 Å². The summed E-state index contributed by atoms with van der Waals surface area (Å²) in [6.45, 7) is 0. The first-order valence-corrected chi connectivity index (χ1v) is 9.18. The quantitative estimate of drug-likeness (QED) is 0.399. The summed E-state index contributed by atoms with van der Waals surface area (Å²) < 4.78 is 19.4. The minimum absolute atomic E-state index is 0.122. The lowest BCUT2D eigenvalue weighted by atomic mass is 10.1. The van der Waals surface area contributed by atoms with Crippen LogP contribution in [-0.2, 0) is 0 Å². The second kappa shape index (κ2) is 8.40. The summed E-state index contributed by atoms with van der Waals surface area (Å²) in [4.78, 5) is 12.4. The highest BCUT2D eigenvalue weighted by Gasteiger charge is 2.14. The Bertz CT molecular complexity index is 1140. The molecule has 29 heavy (non-hydrogen) atoms. The molecule has 0 saturated heterocycles. The topological polar surface area (TPSA) is 42.2 Å². The maximum Gasteiger partial charge on any atom is 0.291 e. The fraction of sp³-hybridized carbons (Fsp3) is 0. The largest absolute Gasteiger partial charge is 0.451 e. The minimum atomic E-state index is -0.395. The van der Waals surface area contributed by atoms with Crippen molar-refractivity contribution < 1.29 is 13.6 Å². The highest BCUT2D eigenvalue weighted by atomic mass is 19.1. The van der Waals surface area contributed by atoms with Crippen molar-refractivity contribution in [1.29, 1.82) is 0 Å². The second-order valence-corrected chi connectivity index (χ2v) is 6.46. The molecule has 142 valence electrons. The summed E-state index contributed by atoms with van der Waals surface area (Å²) in [6.07, 6.45) is 4.04. The van der Waals surface area contributed by atoms with E-state index >= 15 is 0 Å². The fourth-order valence-electron chi connectivity index (χ4n) is 2.89. The second-order valence-electron chi connectivity index (χ2n) is 6.46. The van der Waals surface area contributed by atoms with E-state index in [0.29, 0.717) is 17.0 Å². The van der Waals surface area contributed by atoms with Gasteiger partial charge in [-0.25, -0.2) is 4.39 Å². The van der Waals surface area contributed by atoms with Gasteiger partial charge in [0.05, 0.1) is 5.56 Å². The summed E-state index contributed by atoms with van der Waals surface area (Å²) in [5.74, 6) is -0.348. The van der Waals surface area contributed by atoms with Crippen LogP contribution < -0.4 is 5.32 Å². The molecule has 1 aromatic heterocycles. The van der Waals surface area contributed by atoms with Crippen LogP contribution >= 0.6 is 0 Å². The Labute approximate surface area is 168 Å². The predicted molar refractivity (Wildman–Crippen MR) is 114 cm³/mol. The molecule has 0 fully saturated rings. The highest BCUT2D eigenvalue weighted by molar-refractivity contribution is 6.02. The third kappa shape index (κ3) is 4.50. The van der Waals surface area contributed by atoms with Gasteiger partial charge in [0.25, 0.3) is 5.91 Å². The summed E-state index contributed by atoms with van der Waals surface area (Å²) in [7, 11) is 0. The normalized spacial score (nSPS) is 10.9. The summed E-state index contributed by atoms with van der Waals surface area (Å²) in [5, 5.41) is 2.79. The van der Waals surface area contributed by atoms with E-state index in [4.69, 9.17) is 4.42 Å². The number of halogens is 1. The minimum Gasteiger partial charge on any atom is -0.451 e. The number of carbonyl (C=O) groups is 1. The lowest BCUT2D eigenvalue weighted by Gasteiger charge is -2.04. The van der Waals surface area contributed by atoms with Crippen LogP contribution in [0.2, 0.25) is 0 Å². The van der Waals surface area contributed by atoms with Gasteiger partial charge >= 0.3 is 0 Å². The Kier molecular flexibility index (Phi) is 5.34. The number of furan rings is 1. The molecule has 3 aromatic carbocycles. The van der Waals surface area contributed by atoms with E-state index < -0.39 is 5.82 Å². The SMILES string of the molecule is O=C(Nc1ccc(C=Cc2ccccc2)cc1)c1ccc(-c2ccccc2F)o1. The number of anilines is 1. The van der Waals surface area contributed by atoms with Crippen LogP contribution in [0.4, 0.5) is 10.1 Å². The van der Waals surface area contributed by atoms with Gasteiger partial charge in [0.1, 0.15) is 11.6 Å². The van der Waals surface area contributed by atoms with Crippen LogP contribution in [0.3, 0.4) is 0 Å². The molecule has 3 nitrogen and oxygen atoms in total. The molecule has 1 heterocycles. The van der Waals surface area contributed by atoms with Crippen molar-refractivity contribution >= 4 is 23.7 Å². The summed E-state index contributed by atoms with van der Waals surface area (Å²) in [6, 6.07) is 26.9. The van der Waals surface area contributed by atoms with Gasteiger partial charge in [-0.3, -0.25) is 4.79 Å². The first-order valence-electron chi connectivity index (χ1n) is 9.18. The van der Waals surface area contributed by atoms with Gasteiger partial charge in [0.15, 0.2) is 5.76 Å². The van der Waals surface area contributed by atoms with Crippen molar-refractivity contribution in [3.8, 4) is 11.3 Å². The lowest BCUT2D eigenvalue weighted by molar-refractivity contribution is 0.0997. The van der Waals surface area contributed by atoms with E-state index in [9.17, 15) is 9.18 Å². The van der Waals surface area contributed by atoms with Gasteiger partial charge in [-0.15, -0.1) is 0 Å². The molecular weight excluding hydrogens is 365 g/mol. The molecule has 0 aliphatic carbocycles. The van der Waals surface area contributed by atoms with Crippen molar-refractivity contribution in [2.24, 2.45) is 0 Å². The Morgan fingerprint density at radius 1 is 0.759 bits per heavy atom. The van der Waals surface area contributed by atoms with Crippen molar-refractivity contribution in [1.82, 2.24) is 0 Å². The number of carbonyl (C=O) groups excluding carboxylic acids is 1. The molecule has 0 radical (unpaired) electrons. The van der Waals surface area contributed by atoms with Crippen LogP contribution in [0.1, 0.15) is 21.7 Å². The highest BCUT2D eigenvalue weighted by Crippen LogP contribution is 2.25. The number of rotatable bonds is 5. The zero-order valence-electron chi connectivity index (χ0n) is 15.5. The maximum atomic E-state index is 13.9. The number of benzene rings is 3. The maximum absolute atomic E-state index is 13.9. The molecular formula is C25H18FNO2. The Hall–Kier alpha value is -3.92. The molecule has 4 aromatic rings. The van der Waals surface area contributed by atoms with E-state index in [2.05, 4.69) is 5.32 Å². The number of hydrogen-bond acceptors (Lipinski definition) is 2. The van der Waals surface area contributed by atoms with E-state index in [1.165, 1.54) is 12.1 Å². The Balaban J connectivity index is 1.42. The molecule has 4 rings (SSSR count). The first kappa shape index (κ1) is 18.4. The molecule has 0 aliphatic heterocycles.